The van der Waals surface area contributed by atoms with E-state index in [0.717, 1.165) is 95.6 Å². The number of hydrogen-bond acceptors (Lipinski definition) is 6. The third-order valence-electron chi connectivity index (χ3n) is 15.9. The molecule has 0 aliphatic carbocycles. The first kappa shape index (κ1) is 56.5. The average Bonchev–Trinajstić information content (AvgIpc) is 1.97. The maximum absolute atomic E-state index is 5.04. The van der Waals surface area contributed by atoms with Crippen molar-refractivity contribution in [3.63, 3.8) is 0 Å². The summed E-state index contributed by atoms with van der Waals surface area (Å²) in [7, 11) is 0. The minimum atomic E-state index is 0.615. The van der Waals surface area contributed by atoms with Crippen molar-refractivity contribution in [2.45, 2.75) is 0 Å². The molecule has 9 aromatic heterocycles. The first-order valence-corrected chi connectivity index (χ1v) is 32.2. The van der Waals surface area contributed by atoms with Crippen LogP contribution in [-0.2, 0) is 0 Å². The van der Waals surface area contributed by atoms with E-state index in [1.54, 1.807) is 0 Å². The molecule has 0 saturated heterocycles. The standard InChI is InChI=1S/C25H15BrN4.3C17H11BrN2/c26-17-12-13-18-19-10-6-14-27-24(19)30(22(18)15-17)25-28-21-11-5-4-9-20(21)23(29-25)16-7-2-1-3-8-16;18-12-8-9-14-16(11-12)20(13-5-2-1-3-6-13)15-7-4-10-19-17(14)15;18-12-6-7-14-15-11-19-9-8-16(15)20(17(14)10-12)13-4-2-1-3-5-13;18-12-6-7-14-15-8-9-19-11-17(15)20(16(14)10-12)13-4-2-1-3-5-13/h1-15H;3*1-11H. The van der Waals surface area contributed by atoms with Crippen LogP contribution >= 0.6 is 63.7 Å². The minimum absolute atomic E-state index is 0.615. The van der Waals surface area contributed by atoms with Gasteiger partial charge in [0.15, 0.2) is 0 Å². The summed E-state index contributed by atoms with van der Waals surface area (Å²) in [5.41, 5.74) is 16.2. The molecule has 0 N–H and O–H groups in total. The Labute approximate surface area is 550 Å². The molecule has 0 unspecified atom stereocenters. The second-order valence-electron chi connectivity index (χ2n) is 21.3. The van der Waals surface area contributed by atoms with Crippen LogP contribution in [0.25, 0.3) is 133 Å². The van der Waals surface area contributed by atoms with Crippen molar-refractivity contribution in [1.82, 2.24) is 48.2 Å². The van der Waals surface area contributed by atoms with Crippen LogP contribution < -0.4 is 0 Å². The highest BCUT2D eigenvalue weighted by Crippen LogP contribution is 2.38. The predicted octanol–water partition coefficient (Wildman–Crippen LogP) is 21.4. The van der Waals surface area contributed by atoms with Gasteiger partial charge < -0.3 is 13.7 Å². The molecule has 0 amide bonds. The highest BCUT2D eigenvalue weighted by Gasteiger charge is 2.20. The molecule has 18 rings (SSSR count). The maximum atomic E-state index is 5.04. The lowest BCUT2D eigenvalue weighted by atomic mass is 10.1. The van der Waals surface area contributed by atoms with Crippen molar-refractivity contribution in [3.05, 3.63) is 310 Å². The summed E-state index contributed by atoms with van der Waals surface area (Å²) in [5, 5.41) is 9.28. The van der Waals surface area contributed by atoms with E-state index in [1.165, 1.54) is 49.0 Å². The fourth-order valence-corrected chi connectivity index (χ4v) is 13.4. The Balaban J connectivity index is 0.000000102. The Morgan fingerprint density at radius 1 is 0.278 bits per heavy atom. The van der Waals surface area contributed by atoms with Crippen molar-refractivity contribution in [1.29, 1.82) is 0 Å². The normalized spacial score (nSPS) is 11.3. The van der Waals surface area contributed by atoms with E-state index in [-0.39, 0.29) is 0 Å². The molecule has 90 heavy (non-hydrogen) atoms. The Bertz CT molecular complexity index is 5300. The van der Waals surface area contributed by atoms with Gasteiger partial charge in [-0.1, -0.05) is 185 Å². The van der Waals surface area contributed by atoms with E-state index in [0.29, 0.717) is 5.95 Å². The number of halogens is 4. The molecule has 18 aromatic rings. The summed E-state index contributed by atoms with van der Waals surface area (Å²) in [5.74, 6) is 0.615. The molecule has 0 spiro atoms. The summed E-state index contributed by atoms with van der Waals surface area (Å²) in [6, 6.07) is 87.2. The molecule has 9 aromatic carbocycles. The average molecular weight is 1420 g/mol. The van der Waals surface area contributed by atoms with Gasteiger partial charge in [0.25, 0.3) is 0 Å². The van der Waals surface area contributed by atoms with Gasteiger partial charge in [0.2, 0.25) is 5.95 Å². The van der Waals surface area contributed by atoms with Gasteiger partial charge in [-0.05, 0) is 133 Å². The van der Waals surface area contributed by atoms with Crippen LogP contribution in [-0.4, -0.2) is 48.2 Å². The van der Waals surface area contributed by atoms with Gasteiger partial charge in [0.1, 0.15) is 5.65 Å². The number of pyridine rings is 4. The van der Waals surface area contributed by atoms with Gasteiger partial charge in [-0.25, -0.2) is 15.0 Å². The molecule has 0 saturated carbocycles. The van der Waals surface area contributed by atoms with Crippen LogP contribution in [0.4, 0.5) is 0 Å². The number of rotatable bonds is 5. The highest BCUT2D eigenvalue weighted by atomic mass is 79.9. The smallest absolute Gasteiger partial charge is 0.237 e. The van der Waals surface area contributed by atoms with Crippen LogP contribution in [0.3, 0.4) is 0 Å². The molecular formula is C76H48Br4N10. The minimum Gasteiger partial charge on any atom is -0.309 e. The SMILES string of the molecule is Brc1ccc2c3cccnc3n(-c3nc(-c4ccccc4)c4ccccc4n3)c2c1.Brc1ccc2c3ccncc3n(-c3ccccc3)c2c1.Brc1ccc2c3cnccc3n(-c3ccccc3)c2c1.Brc1ccc2c3ncccc3n(-c3ccccc3)c2c1. The molecule has 0 fully saturated rings. The molecule has 10 nitrogen and oxygen atoms in total. The van der Waals surface area contributed by atoms with Gasteiger partial charge in [-0.2, -0.15) is 0 Å². The Morgan fingerprint density at radius 3 is 1.37 bits per heavy atom. The van der Waals surface area contributed by atoms with Crippen molar-refractivity contribution < 1.29 is 0 Å². The van der Waals surface area contributed by atoms with Crippen LogP contribution in [0.5, 0.6) is 0 Å². The van der Waals surface area contributed by atoms with Gasteiger partial charge >= 0.3 is 0 Å². The number of benzene rings is 9. The number of aromatic nitrogens is 10. The fraction of sp³-hybridized carbons (Fsp3) is 0. The van der Waals surface area contributed by atoms with Gasteiger partial charge in [0.05, 0.1) is 61.5 Å². The van der Waals surface area contributed by atoms with Crippen molar-refractivity contribution >= 4 is 162 Å². The maximum Gasteiger partial charge on any atom is 0.237 e. The van der Waals surface area contributed by atoms with Crippen LogP contribution in [0, 0.1) is 0 Å². The predicted molar refractivity (Wildman–Crippen MR) is 384 cm³/mol. The van der Waals surface area contributed by atoms with Gasteiger partial charge in [0, 0.05) is 115 Å². The lowest BCUT2D eigenvalue weighted by Gasteiger charge is -2.11. The van der Waals surface area contributed by atoms with Crippen LogP contribution in [0.1, 0.15) is 0 Å². The van der Waals surface area contributed by atoms with E-state index in [1.807, 2.05) is 108 Å². The zero-order valence-corrected chi connectivity index (χ0v) is 54.0. The topological polar surface area (TPSA) is 97.1 Å². The van der Waals surface area contributed by atoms with Gasteiger partial charge in [-0.15, -0.1) is 0 Å². The molecule has 0 aliphatic rings. The van der Waals surface area contributed by atoms with E-state index < -0.39 is 0 Å². The number of hydrogen-bond donors (Lipinski definition) is 0. The van der Waals surface area contributed by atoms with Crippen LogP contribution in [0.2, 0.25) is 0 Å². The van der Waals surface area contributed by atoms with Crippen molar-refractivity contribution in [2.24, 2.45) is 0 Å². The summed E-state index contributed by atoms with van der Waals surface area (Å²) in [6.45, 7) is 0. The third kappa shape index (κ3) is 10.6. The molecular weight excluding hydrogens is 1370 g/mol. The first-order chi connectivity index (χ1) is 44.3. The zero-order chi connectivity index (χ0) is 60.7. The summed E-state index contributed by atoms with van der Waals surface area (Å²) < 4.78 is 13.1. The number of fused-ring (bicyclic) bond motifs is 13. The lowest BCUT2D eigenvalue weighted by Crippen LogP contribution is -2.04. The zero-order valence-electron chi connectivity index (χ0n) is 47.7. The van der Waals surface area contributed by atoms with E-state index in [4.69, 9.17) is 9.97 Å². The summed E-state index contributed by atoms with van der Waals surface area (Å²) in [6.07, 6.45) is 11.2. The Morgan fingerprint density at radius 2 is 0.733 bits per heavy atom. The fourth-order valence-electron chi connectivity index (χ4n) is 12.0. The lowest BCUT2D eigenvalue weighted by molar-refractivity contribution is 0.997. The quantitative estimate of drug-likeness (QED) is 0.170. The molecule has 0 bridgehead atoms. The van der Waals surface area contributed by atoms with E-state index >= 15 is 0 Å². The van der Waals surface area contributed by atoms with Crippen molar-refractivity contribution in [3.8, 4) is 34.3 Å². The molecule has 9 heterocycles. The first-order valence-electron chi connectivity index (χ1n) is 29.0. The number of para-hydroxylation sites is 4. The van der Waals surface area contributed by atoms with E-state index in [9.17, 15) is 0 Å². The second-order valence-corrected chi connectivity index (χ2v) is 24.9. The monoisotopic (exact) mass is 1420 g/mol. The Kier molecular flexibility index (Phi) is 15.4. The Hall–Kier alpha value is -9.96. The summed E-state index contributed by atoms with van der Waals surface area (Å²) >= 11 is 14.3. The number of nitrogens with zero attached hydrogens (tertiary/aromatic N) is 10. The largest absolute Gasteiger partial charge is 0.309 e. The third-order valence-corrected chi connectivity index (χ3v) is 17.9. The molecule has 0 aliphatic heterocycles. The van der Waals surface area contributed by atoms with Crippen LogP contribution in [0.15, 0.2) is 310 Å². The van der Waals surface area contributed by atoms with Crippen molar-refractivity contribution in [2.75, 3.05) is 0 Å². The van der Waals surface area contributed by atoms with E-state index in [2.05, 4.69) is 285 Å². The second kappa shape index (κ2) is 24.5. The summed E-state index contributed by atoms with van der Waals surface area (Å²) in [4.78, 5) is 27.7. The molecule has 430 valence electrons. The molecule has 14 heteroatoms. The van der Waals surface area contributed by atoms with Gasteiger partial charge in [-0.3, -0.25) is 19.5 Å². The molecule has 0 atom stereocenters. The highest BCUT2D eigenvalue weighted by molar-refractivity contribution is 9.11. The molecule has 0 radical (unpaired) electrons.